The van der Waals surface area contributed by atoms with E-state index in [1.165, 1.54) is 25.1 Å². The number of anilines is 1. The molecule has 1 saturated heterocycles. The van der Waals surface area contributed by atoms with Crippen LogP contribution in [0.3, 0.4) is 0 Å². The molecule has 2 N–H and O–H groups in total. The number of rotatable bonds is 4. The van der Waals surface area contributed by atoms with Crippen LogP contribution in [0.25, 0.3) is 0 Å². The van der Waals surface area contributed by atoms with E-state index in [1.54, 1.807) is 0 Å². The molecule has 3 heteroatoms. The van der Waals surface area contributed by atoms with Crippen molar-refractivity contribution in [2.75, 3.05) is 39.5 Å². The Morgan fingerprint density at radius 3 is 2.88 bits per heavy atom. The first-order valence-electron chi connectivity index (χ1n) is 6.38. The summed E-state index contributed by atoms with van der Waals surface area (Å²) in [6.45, 7) is 3.58. The second-order valence-electron chi connectivity index (χ2n) is 5.20. The first-order chi connectivity index (χ1) is 8.15. The maximum atomic E-state index is 5.78. The van der Waals surface area contributed by atoms with Crippen LogP contribution in [-0.2, 0) is 6.42 Å². The van der Waals surface area contributed by atoms with Crippen LogP contribution in [0.2, 0.25) is 0 Å². The molecule has 0 spiro atoms. The molecular weight excluding hydrogens is 210 g/mol. The summed E-state index contributed by atoms with van der Waals surface area (Å²) in [5.74, 6) is 0. The monoisotopic (exact) mass is 233 g/mol. The Kier molecular flexibility index (Phi) is 4.02. The van der Waals surface area contributed by atoms with Crippen LogP contribution >= 0.6 is 0 Å². The standard InChI is InChI=1S/C14H23N3/c1-16(2)14-7-9-17(11-14)8-6-12-4-3-5-13(15)10-12/h3-5,10,14H,6-9,11,15H2,1-2H3/t14-/m1/s1. The Balaban J connectivity index is 1.80. The van der Waals surface area contributed by atoms with Crippen molar-refractivity contribution in [3.05, 3.63) is 29.8 Å². The van der Waals surface area contributed by atoms with Crippen molar-refractivity contribution in [3.63, 3.8) is 0 Å². The van der Waals surface area contributed by atoms with Crippen molar-refractivity contribution in [1.82, 2.24) is 9.80 Å². The molecule has 1 heterocycles. The Morgan fingerprint density at radius 2 is 2.24 bits per heavy atom. The zero-order valence-corrected chi connectivity index (χ0v) is 10.9. The van der Waals surface area contributed by atoms with Crippen LogP contribution < -0.4 is 5.73 Å². The van der Waals surface area contributed by atoms with Crippen LogP contribution in [0.1, 0.15) is 12.0 Å². The molecule has 1 aliphatic rings. The third kappa shape index (κ3) is 3.45. The Labute approximate surface area is 104 Å². The van der Waals surface area contributed by atoms with E-state index in [-0.39, 0.29) is 0 Å². The molecule has 1 atom stereocenters. The van der Waals surface area contributed by atoms with Gasteiger partial charge in [0, 0.05) is 24.8 Å². The average molecular weight is 233 g/mol. The number of hydrogen-bond donors (Lipinski definition) is 1. The van der Waals surface area contributed by atoms with Crippen LogP contribution in [0, 0.1) is 0 Å². The van der Waals surface area contributed by atoms with Gasteiger partial charge in [-0.2, -0.15) is 0 Å². The van der Waals surface area contributed by atoms with E-state index in [2.05, 4.69) is 36.0 Å². The molecule has 94 valence electrons. The number of nitrogens with two attached hydrogens (primary N) is 1. The molecule has 0 amide bonds. The maximum absolute atomic E-state index is 5.78. The average Bonchev–Trinajstić information content (AvgIpc) is 2.75. The number of hydrogen-bond acceptors (Lipinski definition) is 3. The molecule has 1 aromatic rings. The lowest BCUT2D eigenvalue weighted by molar-refractivity contribution is 0.270. The lowest BCUT2D eigenvalue weighted by Crippen LogP contribution is -2.32. The van der Waals surface area contributed by atoms with Crippen LogP contribution in [0.15, 0.2) is 24.3 Å². The van der Waals surface area contributed by atoms with Gasteiger partial charge in [0.15, 0.2) is 0 Å². The molecule has 1 aromatic carbocycles. The third-order valence-corrected chi connectivity index (χ3v) is 3.65. The number of nitrogens with zero attached hydrogens (tertiary/aromatic N) is 2. The molecule has 1 fully saturated rings. The first kappa shape index (κ1) is 12.4. The lowest BCUT2D eigenvalue weighted by atomic mass is 10.1. The van der Waals surface area contributed by atoms with Crippen molar-refractivity contribution in [2.24, 2.45) is 0 Å². The molecular formula is C14H23N3. The third-order valence-electron chi connectivity index (χ3n) is 3.65. The molecule has 0 saturated carbocycles. The second kappa shape index (κ2) is 5.52. The van der Waals surface area contributed by atoms with Crippen molar-refractivity contribution in [2.45, 2.75) is 18.9 Å². The minimum Gasteiger partial charge on any atom is -0.399 e. The van der Waals surface area contributed by atoms with E-state index in [4.69, 9.17) is 5.73 Å². The summed E-state index contributed by atoms with van der Waals surface area (Å²) >= 11 is 0. The SMILES string of the molecule is CN(C)[C@@H]1CCN(CCc2cccc(N)c2)C1. The molecule has 0 radical (unpaired) electrons. The molecule has 0 aromatic heterocycles. The number of benzene rings is 1. The highest BCUT2D eigenvalue weighted by atomic mass is 15.2. The number of likely N-dealkylation sites (tertiary alicyclic amines) is 1. The van der Waals surface area contributed by atoms with Crippen molar-refractivity contribution in [1.29, 1.82) is 0 Å². The molecule has 3 nitrogen and oxygen atoms in total. The fraction of sp³-hybridized carbons (Fsp3) is 0.571. The van der Waals surface area contributed by atoms with Gasteiger partial charge < -0.3 is 15.5 Å². The van der Waals surface area contributed by atoms with Gasteiger partial charge in [0.05, 0.1) is 0 Å². The first-order valence-corrected chi connectivity index (χ1v) is 6.38. The van der Waals surface area contributed by atoms with Crippen molar-refractivity contribution in [3.8, 4) is 0 Å². The molecule has 0 bridgehead atoms. The van der Waals surface area contributed by atoms with Gasteiger partial charge in [-0.3, -0.25) is 0 Å². The summed E-state index contributed by atoms with van der Waals surface area (Å²) in [5.41, 5.74) is 8.00. The van der Waals surface area contributed by atoms with Crippen LogP contribution in [0.5, 0.6) is 0 Å². The van der Waals surface area contributed by atoms with E-state index in [9.17, 15) is 0 Å². The summed E-state index contributed by atoms with van der Waals surface area (Å²) in [6, 6.07) is 8.96. The number of nitrogen functional groups attached to an aromatic ring is 1. The fourth-order valence-electron chi connectivity index (χ4n) is 2.47. The molecule has 2 rings (SSSR count). The largest absolute Gasteiger partial charge is 0.399 e. The van der Waals surface area contributed by atoms with Gasteiger partial charge in [-0.1, -0.05) is 12.1 Å². The van der Waals surface area contributed by atoms with Gasteiger partial charge in [-0.15, -0.1) is 0 Å². The van der Waals surface area contributed by atoms with Gasteiger partial charge >= 0.3 is 0 Å². The topological polar surface area (TPSA) is 32.5 Å². The van der Waals surface area contributed by atoms with Gasteiger partial charge in [0.2, 0.25) is 0 Å². The minimum absolute atomic E-state index is 0.732. The summed E-state index contributed by atoms with van der Waals surface area (Å²) in [5, 5.41) is 0. The highest BCUT2D eigenvalue weighted by Gasteiger charge is 2.23. The molecule has 1 aliphatic heterocycles. The normalized spacial score (nSPS) is 21.2. The zero-order chi connectivity index (χ0) is 12.3. The van der Waals surface area contributed by atoms with Gasteiger partial charge in [-0.25, -0.2) is 0 Å². The Morgan fingerprint density at radius 1 is 1.41 bits per heavy atom. The summed E-state index contributed by atoms with van der Waals surface area (Å²) in [6.07, 6.45) is 2.40. The van der Waals surface area contributed by atoms with Crippen LogP contribution in [-0.4, -0.2) is 49.6 Å². The van der Waals surface area contributed by atoms with E-state index >= 15 is 0 Å². The zero-order valence-electron chi connectivity index (χ0n) is 10.9. The molecule has 17 heavy (non-hydrogen) atoms. The van der Waals surface area contributed by atoms with Gasteiger partial charge in [0.25, 0.3) is 0 Å². The Bertz CT molecular complexity index is 362. The highest BCUT2D eigenvalue weighted by Crippen LogP contribution is 2.14. The maximum Gasteiger partial charge on any atom is 0.0316 e. The molecule has 0 unspecified atom stereocenters. The van der Waals surface area contributed by atoms with E-state index in [0.29, 0.717) is 0 Å². The summed E-state index contributed by atoms with van der Waals surface area (Å²) < 4.78 is 0. The van der Waals surface area contributed by atoms with Crippen LogP contribution in [0.4, 0.5) is 5.69 Å². The quantitative estimate of drug-likeness (QED) is 0.799. The van der Waals surface area contributed by atoms with E-state index in [1.807, 2.05) is 12.1 Å². The smallest absolute Gasteiger partial charge is 0.0316 e. The van der Waals surface area contributed by atoms with Crippen molar-refractivity contribution < 1.29 is 0 Å². The van der Waals surface area contributed by atoms with E-state index in [0.717, 1.165) is 24.7 Å². The lowest BCUT2D eigenvalue weighted by Gasteiger charge is -2.20. The molecule has 0 aliphatic carbocycles. The summed E-state index contributed by atoms with van der Waals surface area (Å²) in [4.78, 5) is 4.88. The van der Waals surface area contributed by atoms with Crippen molar-refractivity contribution >= 4 is 5.69 Å². The summed E-state index contributed by atoms with van der Waals surface area (Å²) in [7, 11) is 4.35. The van der Waals surface area contributed by atoms with Gasteiger partial charge in [0.1, 0.15) is 0 Å². The fourth-order valence-corrected chi connectivity index (χ4v) is 2.47. The predicted molar refractivity (Wildman–Crippen MR) is 73.1 cm³/mol. The second-order valence-corrected chi connectivity index (χ2v) is 5.20. The van der Waals surface area contributed by atoms with Gasteiger partial charge in [-0.05, 0) is 51.2 Å². The highest BCUT2D eigenvalue weighted by molar-refractivity contribution is 5.40. The van der Waals surface area contributed by atoms with E-state index < -0.39 is 0 Å². The predicted octanol–water partition coefficient (Wildman–Crippen LogP) is 1.45. The number of likely N-dealkylation sites (N-methyl/N-ethyl adjacent to an activating group) is 1. The minimum atomic E-state index is 0.732. The Hall–Kier alpha value is -1.06.